The van der Waals surface area contributed by atoms with Gasteiger partial charge in [-0.05, 0) is 31.4 Å². The van der Waals surface area contributed by atoms with E-state index in [0.717, 1.165) is 18.1 Å². The topological polar surface area (TPSA) is 15.3 Å². The van der Waals surface area contributed by atoms with Crippen molar-refractivity contribution in [2.24, 2.45) is 0 Å². The van der Waals surface area contributed by atoms with Crippen molar-refractivity contribution in [3.63, 3.8) is 0 Å². The summed E-state index contributed by atoms with van der Waals surface area (Å²) in [4.78, 5) is 2.54. The van der Waals surface area contributed by atoms with E-state index in [-0.39, 0.29) is 0 Å². The molecular weight excluding hydrogens is 280 g/mol. The van der Waals surface area contributed by atoms with E-state index in [1.54, 1.807) is 0 Å². The van der Waals surface area contributed by atoms with Gasteiger partial charge in [0.1, 0.15) is 0 Å². The zero-order valence-electron chi connectivity index (χ0n) is 13.7. The SMILES string of the molecule is CCN(c1c(Cl)cccc1CNC(C)C)C1CCCCC1. The molecule has 1 aromatic rings. The van der Waals surface area contributed by atoms with Crippen molar-refractivity contribution in [3.05, 3.63) is 28.8 Å². The smallest absolute Gasteiger partial charge is 0.0643 e. The average molecular weight is 309 g/mol. The maximum Gasteiger partial charge on any atom is 0.0643 e. The minimum Gasteiger partial charge on any atom is -0.367 e. The molecule has 2 nitrogen and oxygen atoms in total. The number of rotatable bonds is 6. The predicted octanol–water partition coefficient (Wildman–Crippen LogP) is 5.00. The maximum atomic E-state index is 6.57. The van der Waals surface area contributed by atoms with Crippen molar-refractivity contribution in [2.45, 2.75) is 71.5 Å². The number of nitrogens with one attached hydrogen (secondary N) is 1. The second kappa shape index (κ2) is 8.05. The normalized spacial score (nSPS) is 16.4. The van der Waals surface area contributed by atoms with Crippen LogP contribution in [0.15, 0.2) is 18.2 Å². The van der Waals surface area contributed by atoms with Gasteiger partial charge in [0.2, 0.25) is 0 Å². The minimum absolute atomic E-state index is 0.488. The maximum absolute atomic E-state index is 6.57. The van der Waals surface area contributed by atoms with Crippen LogP contribution in [0, 0.1) is 0 Å². The van der Waals surface area contributed by atoms with Crippen molar-refractivity contribution in [3.8, 4) is 0 Å². The van der Waals surface area contributed by atoms with Gasteiger partial charge in [0.15, 0.2) is 0 Å². The van der Waals surface area contributed by atoms with E-state index in [1.165, 1.54) is 43.4 Å². The zero-order chi connectivity index (χ0) is 15.2. The van der Waals surface area contributed by atoms with Gasteiger partial charge in [0, 0.05) is 25.2 Å². The number of hydrogen-bond donors (Lipinski definition) is 1. The molecule has 0 amide bonds. The molecule has 1 aliphatic rings. The van der Waals surface area contributed by atoms with Crippen LogP contribution in [0.4, 0.5) is 5.69 Å². The highest BCUT2D eigenvalue weighted by atomic mass is 35.5. The molecule has 0 saturated heterocycles. The van der Waals surface area contributed by atoms with Gasteiger partial charge in [-0.2, -0.15) is 0 Å². The van der Waals surface area contributed by atoms with Crippen LogP contribution in [0.2, 0.25) is 5.02 Å². The fraction of sp³-hybridized carbons (Fsp3) is 0.667. The highest BCUT2D eigenvalue weighted by molar-refractivity contribution is 6.33. The first-order valence-electron chi connectivity index (χ1n) is 8.41. The van der Waals surface area contributed by atoms with E-state index in [0.29, 0.717) is 12.1 Å². The molecule has 0 spiro atoms. The summed E-state index contributed by atoms with van der Waals surface area (Å²) < 4.78 is 0. The van der Waals surface area contributed by atoms with E-state index < -0.39 is 0 Å². The molecule has 0 aliphatic heterocycles. The number of halogens is 1. The Balaban J connectivity index is 2.25. The highest BCUT2D eigenvalue weighted by Crippen LogP contribution is 2.35. The van der Waals surface area contributed by atoms with Crippen LogP contribution in [0.1, 0.15) is 58.4 Å². The van der Waals surface area contributed by atoms with Gasteiger partial charge in [0.25, 0.3) is 0 Å². The number of para-hydroxylation sites is 1. The van der Waals surface area contributed by atoms with Crippen molar-refractivity contribution >= 4 is 17.3 Å². The van der Waals surface area contributed by atoms with Crippen molar-refractivity contribution in [1.29, 1.82) is 0 Å². The Bertz CT molecular complexity index is 439. The summed E-state index contributed by atoms with van der Waals surface area (Å²) in [5, 5.41) is 4.42. The minimum atomic E-state index is 0.488. The Morgan fingerprint density at radius 2 is 1.95 bits per heavy atom. The van der Waals surface area contributed by atoms with Crippen LogP contribution < -0.4 is 10.2 Å². The van der Waals surface area contributed by atoms with Crippen LogP contribution in [0.5, 0.6) is 0 Å². The molecule has 1 aliphatic carbocycles. The highest BCUT2D eigenvalue weighted by Gasteiger charge is 2.23. The Labute approximate surface area is 134 Å². The predicted molar refractivity (Wildman–Crippen MR) is 93.3 cm³/mol. The summed E-state index contributed by atoms with van der Waals surface area (Å²) in [6.07, 6.45) is 6.70. The summed E-state index contributed by atoms with van der Waals surface area (Å²) >= 11 is 6.57. The first-order chi connectivity index (χ1) is 10.1. The Morgan fingerprint density at radius 1 is 1.24 bits per heavy atom. The van der Waals surface area contributed by atoms with Gasteiger partial charge in [-0.25, -0.2) is 0 Å². The van der Waals surface area contributed by atoms with E-state index in [9.17, 15) is 0 Å². The molecule has 0 atom stereocenters. The quantitative estimate of drug-likeness (QED) is 0.796. The van der Waals surface area contributed by atoms with Crippen LogP contribution in [0.25, 0.3) is 0 Å². The molecule has 0 unspecified atom stereocenters. The number of benzene rings is 1. The molecule has 1 N–H and O–H groups in total. The lowest BCUT2D eigenvalue weighted by atomic mass is 9.93. The molecule has 3 heteroatoms. The molecule has 21 heavy (non-hydrogen) atoms. The van der Waals surface area contributed by atoms with E-state index in [2.05, 4.69) is 43.1 Å². The molecule has 118 valence electrons. The van der Waals surface area contributed by atoms with Crippen LogP contribution in [-0.4, -0.2) is 18.6 Å². The summed E-state index contributed by atoms with van der Waals surface area (Å²) in [5.41, 5.74) is 2.57. The van der Waals surface area contributed by atoms with E-state index in [1.807, 2.05) is 6.07 Å². The Kier molecular flexibility index (Phi) is 6.38. The number of hydrogen-bond acceptors (Lipinski definition) is 2. The average Bonchev–Trinajstić information content (AvgIpc) is 2.49. The molecule has 1 aromatic carbocycles. The van der Waals surface area contributed by atoms with Crippen molar-refractivity contribution in [2.75, 3.05) is 11.4 Å². The molecular formula is C18H29ClN2. The third-order valence-corrected chi connectivity index (χ3v) is 4.72. The largest absolute Gasteiger partial charge is 0.367 e. The molecule has 0 radical (unpaired) electrons. The third-order valence-electron chi connectivity index (χ3n) is 4.41. The lowest BCUT2D eigenvalue weighted by Crippen LogP contribution is -2.38. The van der Waals surface area contributed by atoms with Gasteiger partial charge in [0.05, 0.1) is 10.7 Å². The third kappa shape index (κ3) is 4.37. The summed E-state index contributed by atoms with van der Waals surface area (Å²) in [6, 6.07) is 7.45. The standard InChI is InChI=1S/C18H29ClN2/c1-4-21(16-10-6-5-7-11-16)18-15(13-20-14(2)3)9-8-12-17(18)19/h8-9,12,14,16,20H,4-7,10-11,13H2,1-3H3. The molecule has 1 fully saturated rings. The zero-order valence-corrected chi connectivity index (χ0v) is 14.4. The van der Waals surface area contributed by atoms with E-state index in [4.69, 9.17) is 11.6 Å². The first kappa shape index (κ1) is 16.6. The fourth-order valence-corrected chi connectivity index (χ4v) is 3.63. The fourth-order valence-electron chi connectivity index (χ4n) is 3.33. The van der Waals surface area contributed by atoms with Crippen LogP contribution in [-0.2, 0) is 6.54 Å². The van der Waals surface area contributed by atoms with Gasteiger partial charge in [-0.1, -0.05) is 56.8 Å². The number of nitrogens with zero attached hydrogens (tertiary/aromatic N) is 1. The first-order valence-corrected chi connectivity index (χ1v) is 8.78. The molecule has 1 saturated carbocycles. The summed E-state index contributed by atoms with van der Waals surface area (Å²) in [5.74, 6) is 0. The molecule has 0 heterocycles. The molecule has 0 aromatic heterocycles. The lowest BCUT2D eigenvalue weighted by molar-refractivity contribution is 0.417. The second-order valence-corrected chi connectivity index (χ2v) is 6.77. The summed E-state index contributed by atoms with van der Waals surface area (Å²) in [6.45, 7) is 8.53. The Morgan fingerprint density at radius 3 is 2.57 bits per heavy atom. The molecule has 0 bridgehead atoms. The van der Waals surface area contributed by atoms with E-state index >= 15 is 0 Å². The Hall–Kier alpha value is -0.730. The monoisotopic (exact) mass is 308 g/mol. The summed E-state index contributed by atoms with van der Waals surface area (Å²) in [7, 11) is 0. The van der Waals surface area contributed by atoms with Crippen LogP contribution >= 0.6 is 11.6 Å². The number of anilines is 1. The lowest BCUT2D eigenvalue weighted by Gasteiger charge is -2.37. The van der Waals surface area contributed by atoms with Crippen molar-refractivity contribution < 1.29 is 0 Å². The van der Waals surface area contributed by atoms with Gasteiger partial charge >= 0.3 is 0 Å². The molecule has 2 rings (SSSR count). The van der Waals surface area contributed by atoms with Gasteiger partial charge in [-0.3, -0.25) is 0 Å². The van der Waals surface area contributed by atoms with Gasteiger partial charge < -0.3 is 10.2 Å². The second-order valence-electron chi connectivity index (χ2n) is 6.36. The van der Waals surface area contributed by atoms with Crippen LogP contribution in [0.3, 0.4) is 0 Å². The van der Waals surface area contributed by atoms with Crippen molar-refractivity contribution in [1.82, 2.24) is 5.32 Å². The van der Waals surface area contributed by atoms with Gasteiger partial charge in [-0.15, -0.1) is 0 Å².